The van der Waals surface area contributed by atoms with Crippen LogP contribution in [0.5, 0.6) is 0 Å². The number of carbonyl (C=O) groups excluding carboxylic acids is 3. The zero-order valence-electron chi connectivity index (χ0n) is 14.7. The quantitative estimate of drug-likeness (QED) is 0.731. The molecule has 0 aromatic rings. The number of Topliss-reactive ketones (excluding diaryl/α,β-unsaturated/α-hetero) is 3. The molecule has 1 aliphatic rings. The van der Waals surface area contributed by atoms with Crippen molar-refractivity contribution in [3.8, 4) is 0 Å². The van der Waals surface area contributed by atoms with E-state index >= 15 is 0 Å². The van der Waals surface area contributed by atoms with Crippen LogP contribution >= 0.6 is 0 Å². The van der Waals surface area contributed by atoms with Crippen molar-refractivity contribution in [1.82, 2.24) is 0 Å². The van der Waals surface area contributed by atoms with Gasteiger partial charge in [0.05, 0.1) is 11.0 Å². The first-order chi connectivity index (χ1) is 10.4. The third-order valence-corrected chi connectivity index (χ3v) is 3.84. The van der Waals surface area contributed by atoms with E-state index in [1.807, 2.05) is 27.7 Å². The number of allylic oxidation sites excluding steroid dienone is 3. The molecule has 5 heteroatoms. The monoisotopic (exact) mass is 322 g/mol. The maximum absolute atomic E-state index is 12.5. The van der Waals surface area contributed by atoms with E-state index in [4.69, 9.17) is 0 Å². The minimum absolute atomic E-state index is 0.00744. The summed E-state index contributed by atoms with van der Waals surface area (Å²) < 4.78 is 0. The van der Waals surface area contributed by atoms with Crippen LogP contribution in [0.4, 0.5) is 0 Å². The Morgan fingerprint density at radius 3 is 1.70 bits per heavy atom. The van der Waals surface area contributed by atoms with Crippen molar-refractivity contribution in [2.45, 2.75) is 54.4 Å². The molecule has 1 aliphatic carbocycles. The SMILES string of the molecule is CC(C)CC(=O)C1=C(O)C(C(=O)CC(C)C)=C(O)C(C)(C)C1=O. The van der Waals surface area contributed by atoms with Gasteiger partial charge >= 0.3 is 0 Å². The van der Waals surface area contributed by atoms with Crippen molar-refractivity contribution in [3.05, 3.63) is 22.7 Å². The molecule has 5 nitrogen and oxygen atoms in total. The van der Waals surface area contributed by atoms with Crippen LogP contribution in [-0.4, -0.2) is 27.6 Å². The number of rotatable bonds is 6. The summed E-state index contributed by atoms with van der Waals surface area (Å²) in [6.45, 7) is 10.2. The molecule has 0 radical (unpaired) electrons. The topological polar surface area (TPSA) is 91.7 Å². The largest absolute Gasteiger partial charge is 0.510 e. The second kappa shape index (κ2) is 6.69. The standard InChI is InChI=1S/C18H26O5/c1-9(2)7-11(19)13-15(21)14(12(20)8-10(3)4)17(23)18(5,6)16(13)22/h9-10,21-22H,7-8H2,1-6H3. The van der Waals surface area contributed by atoms with Gasteiger partial charge in [-0.25, -0.2) is 0 Å². The van der Waals surface area contributed by atoms with Crippen molar-refractivity contribution >= 4 is 17.3 Å². The zero-order chi connectivity index (χ0) is 18.1. The van der Waals surface area contributed by atoms with Crippen LogP contribution in [0.2, 0.25) is 0 Å². The molecule has 0 fully saturated rings. The summed E-state index contributed by atoms with van der Waals surface area (Å²) in [5.41, 5.74) is -2.07. The number of hydrogen-bond donors (Lipinski definition) is 2. The molecule has 0 heterocycles. The molecule has 0 saturated carbocycles. The highest BCUT2D eigenvalue weighted by molar-refractivity contribution is 6.25. The first-order valence-electron chi connectivity index (χ1n) is 7.89. The Kier molecular flexibility index (Phi) is 5.56. The predicted molar refractivity (Wildman–Crippen MR) is 87.0 cm³/mol. The molecule has 2 N–H and O–H groups in total. The Bertz CT molecular complexity index is 603. The van der Waals surface area contributed by atoms with Gasteiger partial charge < -0.3 is 10.2 Å². The third kappa shape index (κ3) is 3.71. The van der Waals surface area contributed by atoms with Gasteiger partial charge in [0.1, 0.15) is 17.1 Å². The van der Waals surface area contributed by atoms with E-state index in [1.165, 1.54) is 13.8 Å². The van der Waals surface area contributed by atoms with Gasteiger partial charge in [-0.3, -0.25) is 14.4 Å². The highest BCUT2D eigenvalue weighted by Crippen LogP contribution is 2.40. The smallest absolute Gasteiger partial charge is 0.183 e. The lowest BCUT2D eigenvalue weighted by Crippen LogP contribution is -2.38. The number of aliphatic hydroxyl groups is 2. The lowest BCUT2D eigenvalue weighted by atomic mass is 9.72. The van der Waals surface area contributed by atoms with Crippen LogP contribution in [0.3, 0.4) is 0 Å². The first-order valence-corrected chi connectivity index (χ1v) is 7.89. The minimum atomic E-state index is -1.41. The fraction of sp³-hybridized carbons (Fsp3) is 0.611. The first kappa shape index (κ1) is 19.1. The fourth-order valence-corrected chi connectivity index (χ4v) is 2.55. The number of carbonyl (C=O) groups is 3. The van der Waals surface area contributed by atoms with Crippen molar-refractivity contribution < 1.29 is 24.6 Å². The highest BCUT2D eigenvalue weighted by Gasteiger charge is 2.46. The van der Waals surface area contributed by atoms with E-state index in [1.54, 1.807) is 0 Å². The Morgan fingerprint density at radius 1 is 0.913 bits per heavy atom. The maximum Gasteiger partial charge on any atom is 0.183 e. The van der Waals surface area contributed by atoms with E-state index in [0.29, 0.717) is 0 Å². The summed E-state index contributed by atoms with van der Waals surface area (Å²) >= 11 is 0. The third-order valence-electron chi connectivity index (χ3n) is 3.84. The van der Waals surface area contributed by atoms with Gasteiger partial charge in [0.25, 0.3) is 0 Å². The molecule has 0 spiro atoms. The number of ketones is 3. The molecular formula is C18H26O5. The van der Waals surface area contributed by atoms with Gasteiger partial charge in [-0.1, -0.05) is 27.7 Å². The van der Waals surface area contributed by atoms with Gasteiger partial charge in [0, 0.05) is 12.8 Å². The fourth-order valence-electron chi connectivity index (χ4n) is 2.55. The predicted octanol–water partition coefficient (Wildman–Crippen LogP) is 3.45. The lowest BCUT2D eigenvalue weighted by Gasteiger charge is -2.30. The summed E-state index contributed by atoms with van der Waals surface area (Å²) in [4.78, 5) is 37.3. The van der Waals surface area contributed by atoms with E-state index in [-0.39, 0.29) is 35.8 Å². The zero-order valence-corrected chi connectivity index (χ0v) is 14.7. The Hall–Kier alpha value is -1.91. The average Bonchev–Trinajstić information content (AvgIpc) is 2.35. The van der Waals surface area contributed by atoms with Gasteiger partial charge in [0.15, 0.2) is 17.3 Å². The van der Waals surface area contributed by atoms with Gasteiger partial charge in [-0.15, -0.1) is 0 Å². The number of aliphatic hydroxyl groups excluding tert-OH is 2. The van der Waals surface area contributed by atoms with Crippen molar-refractivity contribution in [2.24, 2.45) is 17.3 Å². The molecule has 0 atom stereocenters. The second-order valence-electron chi connectivity index (χ2n) is 7.44. The van der Waals surface area contributed by atoms with Crippen molar-refractivity contribution in [3.63, 3.8) is 0 Å². The van der Waals surface area contributed by atoms with Crippen LogP contribution in [0.25, 0.3) is 0 Å². The summed E-state index contributed by atoms with van der Waals surface area (Å²) in [6.07, 6.45) is 0.201. The average molecular weight is 322 g/mol. The molecule has 0 unspecified atom stereocenters. The molecule has 0 bridgehead atoms. The van der Waals surface area contributed by atoms with Crippen LogP contribution in [0.1, 0.15) is 54.4 Å². The Labute approximate surface area is 137 Å². The summed E-state index contributed by atoms with van der Waals surface area (Å²) in [5.74, 6) is -2.74. The maximum atomic E-state index is 12.5. The molecular weight excluding hydrogens is 296 g/mol. The van der Waals surface area contributed by atoms with Crippen LogP contribution in [-0.2, 0) is 14.4 Å². The lowest BCUT2D eigenvalue weighted by molar-refractivity contribution is -0.127. The van der Waals surface area contributed by atoms with Crippen LogP contribution < -0.4 is 0 Å². The van der Waals surface area contributed by atoms with Crippen molar-refractivity contribution in [1.29, 1.82) is 0 Å². The normalized spacial score (nSPS) is 18.2. The molecule has 0 saturated heterocycles. The van der Waals surface area contributed by atoms with E-state index in [9.17, 15) is 24.6 Å². The van der Waals surface area contributed by atoms with E-state index in [0.717, 1.165) is 0 Å². The van der Waals surface area contributed by atoms with Crippen LogP contribution in [0.15, 0.2) is 22.7 Å². The minimum Gasteiger partial charge on any atom is -0.510 e. The van der Waals surface area contributed by atoms with E-state index < -0.39 is 34.3 Å². The second-order valence-corrected chi connectivity index (χ2v) is 7.44. The molecule has 0 aliphatic heterocycles. The van der Waals surface area contributed by atoms with Gasteiger partial charge in [-0.2, -0.15) is 0 Å². The Balaban J connectivity index is 3.49. The summed E-state index contributed by atoms with van der Waals surface area (Å²) in [7, 11) is 0. The van der Waals surface area contributed by atoms with Gasteiger partial charge in [0.2, 0.25) is 0 Å². The number of hydrogen-bond acceptors (Lipinski definition) is 5. The highest BCUT2D eigenvalue weighted by atomic mass is 16.3. The van der Waals surface area contributed by atoms with Gasteiger partial charge in [-0.05, 0) is 25.7 Å². The summed E-state index contributed by atoms with van der Waals surface area (Å²) in [6, 6.07) is 0. The van der Waals surface area contributed by atoms with Crippen LogP contribution in [0, 0.1) is 17.3 Å². The summed E-state index contributed by atoms with van der Waals surface area (Å²) in [5, 5.41) is 20.7. The molecule has 0 amide bonds. The molecule has 128 valence electrons. The molecule has 0 aromatic carbocycles. The molecule has 1 rings (SSSR count). The Morgan fingerprint density at radius 2 is 1.30 bits per heavy atom. The van der Waals surface area contributed by atoms with E-state index in [2.05, 4.69) is 0 Å². The molecule has 23 heavy (non-hydrogen) atoms. The van der Waals surface area contributed by atoms with Crippen molar-refractivity contribution in [2.75, 3.05) is 0 Å². The molecule has 0 aromatic heterocycles.